The number of ether oxygens (including phenoxy) is 1. The minimum Gasteiger partial charge on any atom is -0.495 e. The topological polar surface area (TPSA) is 72.5 Å². The zero-order valence-electron chi connectivity index (χ0n) is 11.0. The van der Waals surface area contributed by atoms with E-state index in [0.29, 0.717) is 0 Å². The molecule has 1 aromatic rings. The maximum absolute atomic E-state index is 11.3. The fraction of sp³-hybridized carbons (Fsp3) is 0.462. The maximum atomic E-state index is 11.3. The van der Waals surface area contributed by atoms with Gasteiger partial charge in [-0.2, -0.15) is 0 Å². The molecule has 0 saturated carbocycles. The third-order valence-electron chi connectivity index (χ3n) is 3.33. The summed E-state index contributed by atoms with van der Waals surface area (Å²) >= 11 is 3.46. The van der Waals surface area contributed by atoms with Crippen LogP contribution in [0, 0.1) is 20.8 Å². The molecule has 1 rings (SSSR count). The van der Waals surface area contributed by atoms with Crippen molar-refractivity contribution in [3.05, 3.63) is 26.7 Å². The Hall–Kier alpha value is -1.07. The van der Waals surface area contributed by atoms with E-state index in [9.17, 15) is 9.90 Å². The van der Waals surface area contributed by atoms with E-state index < -0.39 is 11.9 Å². The summed E-state index contributed by atoms with van der Waals surface area (Å²) in [6.45, 7) is 5.77. The predicted molar refractivity (Wildman–Crippen MR) is 74.3 cm³/mol. The summed E-state index contributed by atoms with van der Waals surface area (Å²) in [5, 5.41) is 9.26. The summed E-state index contributed by atoms with van der Waals surface area (Å²) < 4.78 is 6.13. The lowest BCUT2D eigenvalue weighted by Gasteiger charge is -2.22. The molecule has 3 N–H and O–H groups in total. The summed E-state index contributed by atoms with van der Waals surface area (Å²) in [6, 6.07) is 0. The van der Waals surface area contributed by atoms with Crippen molar-refractivity contribution >= 4 is 21.9 Å². The smallest absolute Gasteiger partial charge is 0.312 e. The number of carbonyl (C=O) groups is 1. The molecule has 0 aliphatic heterocycles. The van der Waals surface area contributed by atoms with Crippen molar-refractivity contribution in [2.75, 3.05) is 13.7 Å². The molecule has 1 aromatic carbocycles. The highest BCUT2D eigenvalue weighted by atomic mass is 79.9. The van der Waals surface area contributed by atoms with E-state index in [2.05, 4.69) is 15.9 Å². The van der Waals surface area contributed by atoms with Gasteiger partial charge in [-0.15, -0.1) is 0 Å². The summed E-state index contributed by atoms with van der Waals surface area (Å²) in [7, 11) is 1.60. The first kappa shape index (κ1) is 15.0. The molecule has 0 amide bonds. The molecule has 0 aliphatic carbocycles. The van der Waals surface area contributed by atoms with Crippen LogP contribution in [0.3, 0.4) is 0 Å². The van der Waals surface area contributed by atoms with Gasteiger partial charge < -0.3 is 15.6 Å². The van der Waals surface area contributed by atoms with Crippen molar-refractivity contribution < 1.29 is 14.6 Å². The number of halogens is 1. The van der Waals surface area contributed by atoms with Crippen LogP contribution in [0.4, 0.5) is 0 Å². The minimum atomic E-state index is -0.903. The zero-order chi connectivity index (χ0) is 14.0. The molecule has 0 heterocycles. The molecule has 0 fully saturated rings. The largest absolute Gasteiger partial charge is 0.495 e. The molecular weight excluding hydrogens is 298 g/mol. The van der Waals surface area contributed by atoms with Crippen molar-refractivity contribution in [1.29, 1.82) is 0 Å². The number of hydrogen-bond acceptors (Lipinski definition) is 3. The number of carboxylic acid groups (broad SMARTS) is 1. The number of carboxylic acids is 1. The van der Waals surface area contributed by atoms with E-state index in [4.69, 9.17) is 10.5 Å². The van der Waals surface area contributed by atoms with Gasteiger partial charge in [0.05, 0.1) is 17.5 Å². The molecule has 0 aromatic heterocycles. The molecule has 1 unspecified atom stereocenters. The second-order valence-corrected chi connectivity index (χ2v) is 5.06. The highest BCUT2D eigenvalue weighted by molar-refractivity contribution is 9.10. The monoisotopic (exact) mass is 315 g/mol. The molecule has 0 aliphatic rings. The van der Waals surface area contributed by atoms with E-state index in [1.54, 1.807) is 7.11 Å². The standard InChI is InChI=1S/C13H18BrNO3/c1-6-7(2)12(18-4)11(14)8(3)10(6)9(5-15)13(16)17/h9H,5,15H2,1-4H3,(H,16,17). The first-order valence-corrected chi connectivity index (χ1v) is 6.42. The normalized spacial score (nSPS) is 12.3. The van der Waals surface area contributed by atoms with Crippen LogP contribution in [-0.2, 0) is 4.79 Å². The van der Waals surface area contributed by atoms with Gasteiger partial charge in [0.2, 0.25) is 0 Å². The van der Waals surface area contributed by atoms with Crippen LogP contribution in [-0.4, -0.2) is 24.7 Å². The van der Waals surface area contributed by atoms with Crippen LogP contribution >= 0.6 is 15.9 Å². The molecule has 0 radical (unpaired) electrons. The summed E-state index contributed by atoms with van der Waals surface area (Å²) in [6.07, 6.45) is 0. The predicted octanol–water partition coefficient (Wildman–Crippen LogP) is 2.51. The van der Waals surface area contributed by atoms with Crippen LogP contribution in [0.15, 0.2) is 4.47 Å². The Morgan fingerprint density at radius 1 is 1.33 bits per heavy atom. The van der Waals surface area contributed by atoms with Crippen molar-refractivity contribution in [2.24, 2.45) is 5.73 Å². The molecule has 0 spiro atoms. The first-order valence-electron chi connectivity index (χ1n) is 5.62. The summed E-state index contributed by atoms with van der Waals surface area (Å²) in [5.41, 5.74) is 9.09. The lowest BCUT2D eigenvalue weighted by molar-refractivity contribution is -0.138. The second kappa shape index (κ2) is 5.71. The van der Waals surface area contributed by atoms with Gasteiger partial charge in [0.1, 0.15) is 5.75 Å². The molecular formula is C13H18BrNO3. The fourth-order valence-corrected chi connectivity index (χ4v) is 2.89. The Morgan fingerprint density at radius 2 is 1.89 bits per heavy atom. The summed E-state index contributed by atoms with van der Waals surface area (Å²) in [5.74, 6) is -0.846. The fourth-order valence-electron chi connectivity index (χ4n) is 2.21. The Balaban J connectivity index is 3.60. The van der Waals surface area contributed by atoms with E-state index >= 15 is 0 Å². The Bertz CT molecular complexity index is 457. The number of benzene rings is 1. The number of rotatable bonds is 4. The summed E-state index contributed by atoms with van der Waals surface area (Å²) in [4.78, 5) is 11.3. The van der Waals surface area contributed by atoms with Crippen molar-refractivity contribution in [1.82, 2.24) is 0 Å². The number of methoxy groups -OCH3 is 1. The van der Waals surface area contributed by atoms with Gasteiger partial charge in [0.15, 0.2) is 0 Å². The number of nitrogens with two attached hydrogens (primary N) is 1. The van der Waals surface area contributed by atoms with Crippen LogP contribution < -0.4 is 10.5 Å². The first-order chi connectivity index (χ1) is 8.36. The van der Waals surface area contributed by atoms with E-state index in [0.717, 1.165) is 32.5 Å². The van der Waals surface area contributed by atoms with Gasteiger partial charge in [0, 0.05) is 6.54 Å². The molecule has 0 saturated heterocycles. The van der Waals surface area contributed by atoms with Crippen LogP contribution in [0.25, 0.3) is 0 Å². The van der Waals surface area contributed by atoms with Crippen LogP contribution in [0.2, 0.25) is 0 Å². The average molecular weight is 316 g/mol. The molecule has 100 valence electrons. The molecule has 18 heavy (non-hydrogen) atoms. The van der Waals surface area contributed by atoms with Crippen LogP contribution in [0.1, 0.15) is 28.2 Å². The lowest BCUT2D eigenvalue weighted by Crippen LogP contribution is -2.23. The zero-order valence-corrected chi connectivity index (χ0v) is 12.6. The maximum Gasteiger partial charge on any atom is 0.312 e. The van der Waals surface area contributed by atoms with E-state index in [1.807, 2.05) is 20.8 Å². The molecule has 4 nitrogen and oxygen atoms in total. The third kappa shape index (κ3) is 2.37. The van der Waals surface area contributed by atoms with E-state index in [1.165, 1.54) is 0 Å². The van der Waals surface area contributed by atoms with Gasteiger partial charge in [-0.3, -0.25) is 4.79 Å². The number of aliphatic carboxylic acids is 1. The Morgan fingerprint density at radius 3 is 2.28 bits per heavy atom. The second-order valence-electron chi connectivity index (χ2n) is 4.26. The SMILES string of the molecule is COc1c(C)c(C)c(C(CN)C(=O)O)c(C)c1Br. The van der Waals surface area contributed by atoms with E-state index in [-0.39, 0.29) is 6.54 Å². The van der Waals surface area contributed by atoms with Crippen molar-refractivity contribution in [3.8, 4) is 5.75 Å². The highest BCUT2D eigenvalue weighted by Crippen LogP contribution is 2.39. The number of hydrogen-bond donors (Lipinski definition) is 2. The van der Waals surface area contributed by atoms with Gasteiger partial charge in [0.25, 0.3) is 0 Å². The highest BCUT2D eigenvalue weighted by Gasteiger charge is 2.26. The minimum absolute atomic E-state index is 0.0786. The quantitative estimate of drug-likeness (QED) is 0.895. The van der Waals surface area contributed by atoms with Crippen molar-refractivity contribution in [3.63, 3.8) is 0 Å². The van der Waals surface area contributed by atoms with Crippen molar-refractivity contribution in [2.45, 2.75) is 26.7 Å². The molecule has 0 bridgehead atoms. The third-order valence-corrected chi connectivity index (χ3v) is 4.28. The molecule has 5 heteroatoms. The molecule has 1 atom stereocenters. The van der Waals surface area contributed by atoms with Gasteiger partial charge in [-0.1, -0.05) is 0 Å². The van der Waals surface area contributed by atoms with Gasteiger partial charge in [-0.25, -0.2) is 0 Å². The Kier molecular flexibility index (Phi) is 4.76. The van der Waals surface area contributed by atoms with Gasteiger partial charge in [-0.05, 0) is 59.0 Å². The van der Waals surface area contributed by atoms with Crippen LogP contribution in [0.5, 0.6) is 5.75 Å². The van der Waals surface area contributed by atoms with Gasteiger partial charge >= 0.3 is 5.97 Å². The lowest BCUT2D eigenvalue weighted by atomic mass is 9.88. The Labute approximate surface area is 115 Å². The average Bonchev–Trinajstić information content (AvgIpc) is 2.32.